The summed E-state index contributed by atoms with van der Waals surface area (Å²) in [7, 11) is 0. The molecular weight excluding hydrogens is 304 g/mol. The van der Waals surface area contributed by atoms with Gasteiger partial charge in [0.25, 0.3) is 0 Å². The molecule has 0 radical (unpaired) electrons. The fourth-order valence-corrected chi connectivity index (χ4v) is 2.60. The van der Waals surface area contributed by atoms with Crippen LogP contribution < -0.4 is 0 Å². The standard InChI is InChI=1S/C24H20O/c1-19-11-13-20(14-12-19)7-5-6-10-24(25)23-17-15-22(16-18-23)21-8-3-2-4-9-21/h2-4,8-9,11-18H,6,10H2,1H3. The van der Waals surface area contributed by atoms with Gasteiger partial charge in [-0.25, -0.2) is 0 Å². The fraction of sp³-hybridized carbons (Fsp3) is 0.125. The monoisotopic (exact) mass is 324 g/mol. The quantitative estimate of drug-likeness (QED) is 0.446. The minimum atomic E-state index is 0.137. The van der Waals surface area contributed by atoms with Crippen molar-refractivity contribution in [1.82, 2.24) is 0 Å². The molecule has 0 bridgehead atoms. The molecule has 0 heterocycles. The molecule has 0 aliphatic heterocycles. The largest absolute Gasteiger partial charge is 0.294 e. The zero-order chi connectivity index (χ0) is 17.5. The Balaban J connectivity index is 1.58. The summed E-state index contributed by atoms with van der Waals surface area (Å²) in [5.41, 5.74) is 5.24. The lowest BCUT2D eigenvalue weighted by Gasteiger charge is -2.03. The zero-order valence-electron chi connectivity index (χ0n) is 14.3. The number of ketones is 1. The SMILES string of the molecule is Cc1ccc(C#CCCC(=O)c2ccc(-c3ccccc3)cc2)cc1. The van der Waals surface area contributed by atoms with Gasteiger partial charge in [-0.2, -0.15) is 0 Å². The van der Waals surface area contributed by atoms with Crippen LogP contribution in [0.4, 0.5) is 0 Å². The number of aryl methyl sites for hydroxylation is 1. The van der Waals surface area contributed by atoms with E-state index < -0.39 is 0 Å². The van der Waals surface area contributed by atoms with E-state index in [2.05, 4.69) is 30.9 Å². The highest BCUT2D eigenvalue weighted by Gasteiger charge is 2.05. The molecule has 122 valence electrons. The third-order valence-corrected chi connectivity index (χ3v) is 4.08. The Bertz CT molecular complexity index is 892. The lowest BCUT2D eigenvalue weighted by atomic mass is 10.0. The Morgan fingerprint density at radius 3 is 2.12 bits per heavy atom. The van der Waals surface area contributed by atoms with Crippen molar-refractivity contribution in [2.45, 2.75) is 19.8 Å². The maximum Gasteiger partial charge on any atom is 0.163 e. The Hall–Kier alpha value is -3.11. The summed E-state index contributed by atoms with van der Waals surface area (Å²) < 4.78 is 0. The van der Waals surface area contributed by atoms with Crippen LogP contribution in [-0.4, -0.2) is 5.78 Å². The number of hydrogen-bond acceptors (Lipinski definition) is 1. The highest BCUT2D eigenvalue weighted by Crippen LogP contribution is 2.19. The molecule has 0 saturated heterocycles. The van der Waals surface area contributed by atoms with Crippen molar-refractivity contribution in [2.75, 3.05) is 0 Å². The van der Waals surface area contributed by atoms with Gasteiger partial charge in [-0.05, 0) is 30.2 Å². The average Bonchev–Trinajstić information content (AvgIpc) is 2.67. The molecule has 3 rings (SSSR count). The molecular formula is C24H20O. The van der Waals surface area contributed by atoms with Crippen molar-refractivity contribution in [3.63, 3.8) is 0 Å². The first-order chi connectivity index (χ1) is 12.2. The number of hydrogen-bond donors (Lipinski definition) is 0. The molecule has 0 N–H and O–H groups in total. The third-order valence-electron chi connectivity index (χ3n) is 4.08. The van der Waals surface area contributed by atoms with E-state index in [-0.39, 0.29) is 5.78 Å². The van der Waals surface area contributed by atoms with Gasteiger partial charge in [0, 0.05) is 24.0 Å². The van der Waals surface area contributed by atoms with Crippen LogP contribution in [-0.2, 0) is 0 Å². The summed E-state index contributed by atoms with van der Waals surface area (Å²) in [6, 6.07) is 26.1. The smallest absolute Gasteiger partial charge is 0.163 e. The molecule has 0 spiro atoms. The van der Waals surface area contributed by atoms with Crippen molar-refractivity contribution in [3.05, 3.63) is 95.6 Å². The number of Topliss-reactive ketones (excluding diaryl/α,β-unsaturated/α-hetero) is 1. The normalized spacial score (nSPS) is 9.96. The highest BCUT2D eigenvalue weighted by molar-refractivity contribution is 5.96. The van der Waals surface area contributed by atoms with Gasteiger partial charge in [0.2, 0.25) is 0 Å². The summed E-state index contributed by atoms with van der Waals surface area (Å²) in [6.45, 7) is 2.05. The van der Waals surface area contributed by atoms with Crippen molar-refractivity contribution in [2.24, 2.45) is 0 Å². The zero-order valence-corrected chi connectivity index (χ0v) is 14.3. The average molecular weight is 324 g/mol. The van der Waals surface area contributed by atoms with Crippen LogP contribution in [0.2, 0.25) is 0 Å². The van der Waals surface area contributed by atoms with Crippen molar-refractivity contribution < 1.29 is 4.79 Å². The van der Waals surface area contributed by atoms with Gasteiger partial charge in [-0.3, -0.25) is 4.79 Å². The van der Waals surface area contributed by atoms with Gasteiger partial charge in [0.1, 0.15) is 0 Å². The van der Waals surface area contributed by atoms with Crippen LogP contribution in [0.1, 0.15) is 34.3 Å². The Morgan fingerprint density at radius 1 is 0.800 bits per heavy atom. The van der Waals surface area contributed by atoms with Gasteiger partial charge in [0.05, 0.1) is 0 Å². The fourth-order valence-electron chi connectivity index (χ4n) is 2.60. The minimum Gasteiger partial charge on any atom is -0.294 e. The second-order valence-electron chi connectivity index (χ2n) is 6.03. The summed E-state index contributed by atoms with van der Waals surface area (Å²) in [5.74, 6) is 6.33. The van der Waals surface area contributed by atoms with Gasteiger partial charge in [0.15, 0.2) is 5.78 Å². The molecule has 0 unspecified atom stereocenters. The number of carbonyl (C=O) groups excluding carboxylic acids is 1. The van der Waals surface area contributed by atoms with Crippen LogP contribution in [0, 0.1) is 18.8 Å². The van der Waals surface area contributed by atoms with Crippen LogP contribution in [0.5, 0.6) is 0 Å². The number of benzene rings is 3. The molecule has 0 aromatic heterocycles. The predicted molar refractivity (Wildman–Crippen MR) is 103 cm³/mol. The first-order valence-corrected chi connectivity index (χ1v) is 8.46. The van der Waals surface area contributed by atoms with Crippen LogP contribution in [0.25, 0.3) is 11.1 Å². The van der Waals surface area contributed by atoms with Crippen LogP contribution >= 0.6 is 0 Å². The van der Waals surface area contributed by atoms with E-state index in [0.717, 1.165) is 22.3 Å². The molecule has 3 aromatic rings. The van der Waals surface area contributed by atoms with Crippen LogP contribution in [0.15, 0.2) is 78.9 Å². The lowest BCUT2D eigenvalue weighted by Crippen LogP contribution is -1.98. The molecule has 25 heavy (non-hydrogen) atoms. The summed E-state index contributed by atoms with van der Waals surface area (Å²) in [4.78, 5) is 12.3. The van der Waals surface area contributed by atoms with Gasteiger partial charge >= 0.3 is 0 Å². The summed E-state index contributed by atoms with van der Waals surface area (Å²) >= 11 is 0. The van der Waals surface area contributed by atoms with E-state index in [9.17, 15) is 4.79 Å². The van der Waals surface area contributed by atoms with E-state index >= 15 is 0 Å². The van der Waals surface area contributed by atoms with Crippen molar-refractivity contribution in [3.8, 4) is 23.0 Å². The molecule has 0 aliphatic carbocycles. The van der Waals surface area contributed by atoms with Crippen LogP contribution in [0.3, 0.4) is 0 Å². The predicted octanol–water partition coefficient (Wildman–Crippen LogP) is 5.68. The van der Waals surface area contributed by atoms with Gasteiger partial charge in [-0.15, -0.1) is 0 Å². The summed E-state index contributed by atoms with van der Waals surface area (Å²) in [6.07, 6.45) is 1.02. The molecule has 3 aromatic carbocycles. The molecule has 1 heteroatoms. The maximum absolute atomic E-state index is 12.3. The lowest BCUT2D eigenvalue weighted by molar-refractivity contribution is 0.0984. The highest BCUT2D eigenvalue weighted by atomic mass is 16.1. The molecule has 1 nitrogen and oxygen atoms in total. The van der Waals surface area contributed by atoms with Gasteiger partial charge in [-0.1, -0.05) is 84.1 Å². The second kappa shape index (κ2) is 8.13. The van der Waals surface area contributed by atoms with E-state index in [1.54, 1.807) is 0 Å². The van der Waals surface area contributed by atoms with Crippen molar-refractivity contribution in [1.29, 1.82) is 0 Å². The van der Waals surface area contributed by atoms with E-state index in [4.69, 9.17) is 0 Å². The Labute approximate surface area is 149 Å². The number of carbonyl (C=O) groups is 1. The van der Waals surface area contributed by atoms with Crippen molar-refractivity contribution >= 4 is 5.78 Å². The molecule has 0 atom stereocenters. The third kappa shape index (κ3) is 4.68. The first-order valence-electron chi connectivity index (χ1n) is 8.46. The Morgan fingerprint density at radius 2 is 1.44 bits per heavy atom. The van der Waals surface area contributed by atoms with E-state index in [1.807, 2.05) is 66.7 Å². The molecule has 0 fully saturated rings. The molecule has 0 aliphatic rings. The summed E-state index contributed by atoms with van der Waals surface area (Å²) in [5, 5.41) is 0. The van der Waals surface area contributed by atoms with Gasteiger partial charge < -0.3 is 0 Å². The second-order valence-corrected chi connectivity index (χ2v) is 6.03. The number of rotatable bonds is 4. The minimum absolute atomic E-state index is 0.137. The van der Waals surface area contributed by atoms with E-state index in [1.165, 1.54) is 5.56 Å². The molecule has 0 saturated carbocycles. The maximum atomic E-state index is 12.3. The van der Waals surface area contributed by atoms with E-state index in [0.29, 0.717) is 12.8 Å². The first kappa shape index (κ1) is 16.7. The molecule has 0 amide bonds. The topological polar surface area (TPSA) is 17.1 Å². The Kier molecular flexibility index (Phi) is 5.44.